The quantitative estimate of drug-likeness (QED) is 0.707. The van der Waals surface area contributed by atoms with Gasteiger partial charge < -0.3 is 5.11 Å². The van der Waals surface area contributed by atoms with Crippen LogP contribution in [0.3, 0.4) is 0 Å². The molecule has 0 aliphatic rings. The van der Waals surface area contributed by atoms with Crippen LogP contribution >= 0.6 is 0 Å². The van der Waals surface area contributed by atoms with Gasteiger partial charge in [0, 0.05) is 0 Å². The van der Waals surface area contributed by atoms with Crippen molar-refractivity contribution in [3.05, 3.63) is 0 Å². The maximum atomic E-state index is 8.86. The van der Waals surface area contributed by atoms with Crippen LogP contribution in [-0.4, -0.2) is 11.2 Å². The molecule has 0 aromatic heterocycles. The summed E-state index contributed by atoms with van der Waals surface area (Å²) < 4.78 is 0. The average molecular weight is 202 g/mol. The molecule has 0 saturated heterocycles. The van der Waals surface area contributed by atoms with Gasteiger partial charge in [0.25, 0.3) is 0 Å². The molecule has 0 aliphatic heterocycles. The van der Waals surface area contributed by atoms with E-state index in [-0.39, 0.29) is 6.10 Å². The molecule has 1 heteroatoms. The molecule has 0 aromatic carbocycles. The highest BCUT2D eigenvalue weighted by atomic mass is 16.3. The fourth-order valence-electron chi connectivity index (χ4n) is 1.01. The molecule has 14 heavy (non-hydrogen) atoms. The Balaban J connectivity index is 0. The topological polar surface area (TPSA) is 20.2 Å². The molecule has 0 bridgehead atoms. The van der Waals surface area contributed by atoms with Crippen molar-refractivity contribution in [1.29, 1.82) is 0 Å². The smallest absolute Gasteiger partial charge is 0.0537 e. The van der Waals surface area contributed by atoms with Gasteiger partial charge in [0.2, 0.25) is 0 Å². The van der Waals surface area contributed by atoms with Crippen molar-refractivity contribution >= 4 is 0 Å². The van der Waals surface area contributed by atoms with Crippen molar-refractivity contribution in [2.24, 2.45) is 11.8 Å². The number of hydrogen-bond donors (Lipinski definition) is 1. The van der Waals surface area contributed by atoms with Crippen LogP contribution in [-0.2, 0) is 0 Å². The van der Waals surface area contributed by atoms with Gasteiger partial charge in [-0.25, -0.2) is 0 Å². The second-order valence-corrected chi connectivity index (χ2v) is 4.48. The highest BCUT2D eigenvalue weighted by molar-refractivity contribution is 4.52. The summed E-state index contributed by atoms with van der Waals surface area (Å²) >= 11 is 0. The minimum absolute atomic E-state index is 0.0509. The second-order valence-electron chi connectivity index (χ2n) is 4.48. The molecular weight excluding hydrogens is 172 g/mol. The summed E-state index contributed by atoms with van der Waals surface area (Å²) in [6, 6.07) is 0. The van der Waals surface area contributed by atoms with Crippen LogP contribution in [0.15, 0.2) is 0 Å². The largest absolute Gasteiger partial charge is 0.393 e. The van der Waals surface area contributed by atoms with E-state index in [1.807, 2.05) is 6.92 Å². The van der Waals surface area contributed by atoms with Gasteiger partial charge >= 0.3 is 0 Å². The van der Waals surface area contributed by atoms with E-state index in [1.54, 1.807) is 0 Å². The molecule has 0 aliphatic carbocycles. The van der Waals surface area contributed by atoms with Crippen molar-refractivity contribution in [2.75, 3.05) is 0 Å². The molecule has 1 nitrogen and oxygen atoms in total. The van der Waals surface area contributed by atoms with Crippen LogP contribution < -0.4 is 0 Å². The third kappa shape index (κ3) is 12.0. The summed E-state index contributed by atoms with van der Waals surface area (Å²) in [5.74, 6) is 1.77. The van der Waals surface area contributed by atoms with Crippen LogP contribution in [0.2, 0.25) is 0 Å². The van der Waals surface area contributed by atoms with E-state index in [2.05, 4.69) is 34.6 Å². The SMILES string of the molecule is CCC(C)C(C)C.CCCC(O)CC. The summed E-state index contributed by atoms with van der Waals surface area (Å²) in [6.07, 6.45) is 4.21. The van der Waals surface area contributed by atoms with E-state index in [0.717, 1.165) is 31.1 Å². The summed E-state index contributed by atoms with van der Waals surface area (Å²) in [6.45, 7) is 13.2. The molecule has 2 unspecified atom stereocenters. The predicted octanol–water partition coefficient (Wildman–Crippen LogP) is 4.25. The average Bonchev–Trinajstić information content (AvgIpc) is 2.17. The van der Waals surface area contributed by atoms with Gasteiger partial charge in [-0.3, -0.25) is 0 Å². The first kappa shape index (κ1) is 16.4. The van der Waals surface area contributed by atoms with E-state index in [4.69, 9.17) is 5.11 Å². The van der Waals surface area contributed by atoms with E-state index in [0.29, 0.717) is 0 Å². The van der Waals surface area contributed by atoms with E-state index in [9.17, 15) is 0 Å². The van der Waals surface area contributed by atoms with Gasteiger partial charge in [-0.1, -0.05) is 54.4 Å². The Bertz CT molecular complexity index is 99.4. The lowest BCUT2D eigenvalue weighted by atomic mass is 9.96. The monoisotopic (exact) mass is 202 g/mol. The fraction of sp³-hybridized carbons (Fsp3) is 1.00. The Morgan fingerprint density at radius 2 is 1.43 bits per heavy atom. The van der Waals surface area contributed by atoms with Crippen molar-refractivity contribution in [3.63, 3.8) is 0 Å². The minimum atomic E-state index is -0.0509. The van der Waals surface area contributed by atoms with Crippen LogP contribution in [0.4, 0.5) is 0 Å². The molecule has 88 valence electrons. The van der Waals surface area contributed by atoms with E-state index < -0.39 is 0 Å². The normalized spacial score (nSPS) is 14.6. The Labute approximate surface area is 90.9 Å². The first-order valence-electron chi connectivity index (χ1n) is 6.17. The minimum Gasteiger partial charge on any atom is -0.393 e. The standard InChI is InChI=1S/C7H16.C6H14O/c1-5-7(4)6(2)3;1-3-5-6(7)4-2/h6-7H,5H2,1-4H3;6-7H,3-5H2,1-2H3. The Morgan fingerprint density at radius 1 is 0.929 bits per heavy atom. The third-order valence-corrected chi connectivity index (χ3v) is 2.88. The predicted molar refractivity (Wildman–Crippen MR) is 65.5 cm³/mol. The Kier molecular flexibility index (Phi) is 12.9. The molecule has 0 saturated carbocycles. The molecule has 0 rings (SSSR count). The van der Waals surface area contributed by atoms with Gasteiger partial charge in [-0.15, -0.1) is 0 Å². The summed E-state index contributed by atoms with van der Waals surface area (Å²) in [4.78, 5) is 0. The maximum absolute atomic E-state index is 8.86. The summed E-state index contributed by atoms with van der Waals surface area (Å²) in [7, 11) is 0. The molecule has 2 atom stereocenters. The van der Waals surface area contributed by atoms with Crippen molar-refractivity contribution in [3.8, 4) is 0 Å². The van der Waals surface area contributed by atoms with Gasteiger partial charge in [-0.2, -0.15) is 0 Å². The highest BCUT2D eigenvalue weighted by Gasteiger charge is 2.01. The zero-order valence-corrected chi connectivity index (χ0v) is 11.0. The number of hydrogen-bond acceptors (Lipinski definition) is 1. The first-order chi connectivity index (χ1) is 6.49. The number of aliphatic hydroxyl groups excluding tert-OH is 1. The van der Waals surface area contributed by atoms with Crippen LogP contribution in [0, 0.1) is 11.8 Å². The van der Waals surface area contributed by atoms with Crippen molar-refractivity contribution < 1.29 is 5.11 Å². The van der Waals surface area contributed by atoms with Gasteiger partial charge in [-0.05, 0) is 24.7 Å². The van der Waals surface area contributed by atoms with Crippen molar-refractivity contribution in [1.82, 2.24) is 0 Å². The fourth-order valence-corrected chi connectivity index (χ4v) is 1.01. The molecule has 0 aromatic rings. The summed E-state index contributed by atoms with van der Waals surface area (Å²) in [5.41, 5.74) is 0. The molecule has 1 N–H and O–H groups in total. The Morgan fingerprint density at radius 3 is 1.50 bits per heavy atom. The van der Waals surface area contributed by atoms with Crippen LogP contribution in [0.1, 0.15) is 67.2 Å². The molecule has 0 heterocycles. The van der Waals surface area contributed by atoms with Crippen molar-refractivity contribution in [2.45, 2.75) is 73.3 Å². The highest BCUT2D eigenvalue weighted by Crippen LogP contribution is 2.11. The van der Waals surface area contributed by atoms with Gasteiger partial charge in [0.1, 0.15) is 0 Å². The summed E-state index contributed by atoms with van der Waals surface area (Å²) in [5, 5.41) is 8.86. The van der Waals surface area contributed by atoms with Gasteiger partial charge in [0.15, 0.2) is 0 Å². The van der Waals surface area contributed by atoms with E-state index in [1.165, 1.54) is 6.42 Å². The molecule has 0 amide bonds. The number of aliphatic hydroxyl groups is 1. The lowest BCUT2D eigenvalue weighted by molar-refractivity contribution is 0.159. The lowest BCUT2D eigenvalue weighted by Gasteiger charge is -2.10. The first-order valence-corrected chi connectivity index (χ1v) is 6.17. The lowest BCUT2D eigenvalue weighted by Crippen LogP contribution is -2.01. The van der Waals surface area contributed by atoms with E-state index >= 15 is 0 Å². The third-order valence-electron chi connectivity index (χ3n) is 2.88. The second kappa shape index (κ2) is 11.0. The molecule has 0 spiro atoms. The zero-order valence-electron chi connectivity index (χ0n) is 11.0. The number of rotatable bonds is 5. The Hall–Kier alpha value is -0.0400. The van der Waals surface area contributed by atoms with Gasteiger partial charge in [0.05, 0.1) is 6.10 Å². The molecule has 0 fully saturated rings. The zero-order chi connectivity index (χ0) is 11.6. The maximum Gasteiger partial charge on any atom is 0.0537 e. The van der Waals surface area contributed by atoms with Crippen LogP contribution in [0.5, 0.6) is 0 Å². The molecular formula is C13H30O. The molecule has 0 radical (unpaired) electrons. The van der Waals surface area contributed by atoms with Crippen LogP contribution in [0.25, 0.3) is 0 Å².